The lowest BCUT2D eigenvalue weighted by Gasteiger charge is -2.32. The summed E-state index contributed by atoms with van der Waals surface area (Å²) < 4.78 is 20.8. The van der Waals surface area contributed by atoms with Gasteiger partial charge in [-0.05, 0) is 19.9 Å². The third kappa shape index (κ3) is 3.92. The highest BCUT2D eigenvalue weighted by molar-refractivity contribution is 5.99. The van der Waals surface area contributed by atoms with Crippen molar-refractivity contribution in [2.75, 3.05) is 28.4 Å². The van der Waals surface area contributed by atoms with Crippen molar-refractivity contribution >= 4 is 11.9 Å². The first-order valence-electron chi connectivity index (χ1n) is 8.47. The van der Waals surface area contributed by atoms with Crippen LogP contribution >= 0.6 is 0 Å². The molecule has 1 aliphatic rings. The Hall–Kier alpha value is -2.96. The van der Waals surface area contributed by atoms with Crippen LogP contribution in [0.2, 0.25) is 0 Å². The second-order valence-corrected chi connectivity index (χ2v) is 6.21. The number of hydrogen-bond donors (Lipinski definition) is 0. The lowest BCUT2D eigenvalue weighted by Crippen LogP contribution is -2.31. The Labute approximate surface area is 159 Å². The normalized spacial score (nSPS) is 14.4. The van der Waals surface area contributed by atoms with Crippen molar-refractivity contribution in [3.8, 4) is 11.5 Å². The Balaban J connectivity index is 2.75. The van der Waals surface area contributed by atoms with E-state index in [1.165, 1.54) is 28.4 Å². The van der Waals surface area contributed by atoms with E-state index in [0.29, 0.717) is 28.2 Å². The van der Waals surface area contributed by atoms with Gasteiger partial charge in [0.2, 0.25) is 0 Å². The second-order valence-electron chi connectivity index (χ2n) is 6.21. The van der Waals surface area contributed by atoms with Gasteiger partial charge in [-0.2, -0.15) is 0 Å². The number of carbonyl (C=O) groups excluding carboxylic acids is 2. The molecule has 0 bridgehead atoms. The van der Waals surface area contributed by atoms with Crippen LogP contribution in [-0.4, -0.2) is 51.3 Å². The first kappa shape index (κ1) is 20.4. The largest absolute Gasteiger partial charge is 0.493 e. The minimum absolute atomic E-state index is 0.0254. The second kappa shape index (κ2) is 8.62. The third-order valence-corrected chi connectivity index (χ3v) is 4.38. The first-order valence-corrected chi connectivity index (χ1v) is 8.47. The van der Waals surface area contributed by atoms with Crippen molar-refractivity contribution in [3.05, 3.63) is 47.3 Å². The molecule has 27 heavy (non-hydrogen) atoms. The summed E-state index contributed by atoms with van der Waals surface area (Å²) in [5, 5.41) is 0. The van der Waals surface area contributed by atoms with Crippen LogP contribution in [0, 0.1) is 0 Å². The zero-order chi connectivity index (χ0) is 20.1. The minimum atomic E-state index is -0.718. The fourth-order valence-corrected chi connectivity index (χ4v) is 3.02. The maximum Gasteiger partial charge on any atom is 0.336 e. The molecule has 0 saturated carbocycles. The molecule has 146 valence electrons. The van der Waals surface area contributed by atoms with E-state index >= 15 is 0 Å². The van der Waals surface area contributed by atoms with Crippen molar-refractivity contribution in [1.82, 2.24) is 4.90 Å². The number of nitrogens with zero attached hydrogens (tertiary/aromatic N) is 1. The molecule has 1 aromatic carbocycles. The molecule has 0 saturated heterocycles. The molecule has 7 nitrogen and oxygen atoms in total. The molecule has 7 heteroatoms. The van der Waals surface area contributed by atoms with E-state index in [9.17, 15) is 9.59 Å². The maximum atomic E-state index is 12.6. The zero-order valence-electron chi connectivity index (χ0n) is 16.4. The summed E-state index contributed by atoms with van der Waals surface area (Å²) in [6.45, 7) is 3.90. The van der Waals surface area contributed by atoms with Gasteiger partial charge in [0.1, 0.15) is 0 Å². The predicted molar refractivity (Wildman–Crippen MR) is 99.5 cm³/mol. The molecule has 0 aliphatic carbocycles. The van der Waals surface area contributed by atoms with Crippen LogP contribution in [-0.2, 0) is 19.1 Å². The Morgan fingerprint density at radius 1 is 0.926 bits per heavy atom. The van der Waals surface area contributed by atoms with E-state index in [0.717, 1.165) is 0 Å². The van der Waals surface area contributed by atoms with Crippen LogP contribution in [0.5, 0.6) is 11.5 Å². The Morgan fingerprint density at radius 3 is 1.89 bits per heavy atom. The average Bonchev–Trinajstić information content (AvgIpc) is 2.70. The van der Waals surface area contributed by atoms with Gasteiger partial charge in [0.05, 0.1) is 45.5 Å². The Kier molecular flexibility index (Phi) is 6.50. The smallest absolute Gasteiger partial charge is 0.336 e. The van der Waals surface area contributed by atoms with E-state index in [4.69, 9.17) is 18.9 Å². The van der Waals surface area contributed by atoms with Crippen molar-refractivity contribution in [2.24, 2.45) is 0 Å². The Morgan fingerprint density at radius 2 is 1.48 bits per heavy atom. The summed E-state index contributed by atoms with van der Waals surface area (Å²) in [4.78, 5) is 26.9. The monoisotopic (exact) mass is 375 g/mol. The molecule has 0 unspecified atom stereocenters. The highest BCUT2D eigenvalue weighted by Crippen LogP contribution is 2.44. The van der Waals surface area contributed by atoms with Gasteiger partial charge in [0.25, 0.3) is 0 Å². The fourth-order valence-electron chi connectivity index (χ4n) is 3.02. The molecular weight excluding hydrogens is 350 g/mol. The van der Waals surface area contributed by atoms with Crippen molar-refractivity contribution in [2.45, 2.75) is 25.8 Å². The van der Waals surface area contributed by atoms with Gasteiger partial charge in [0.15, 0.2) is 11.5 Å². The van der Waals surface area contributed by atoms with E-state index in [-0.39, 0.29) is 6.04 Å². The predicted octanol–water partition coefficient (Wildman–Crippen LogP) is 2.63. The van der Waals surface area contributed by atoms with Gasteiger partial charge >= 0.3 is 11.9 Å². The number of para-hydroxylation sites is 1. The summed E-state index contributed by atoms with van der Waals surface area (Å²) in [5.41, 5.74) is 1.22. The molecule has 0 radical (unpaired) electrons. The summed E-state index contributed by atoms with van der Waals surface area (Å²) in [6, 6.07) is 5.33. The van der Waals surface area contributed by atoms with Gasteiger partial charge in [-0.25, -0.2) is 9.59 Å². The number of ether oxygens (including phenoxy) is 4. The number of hydrogen-bond acceptors (Lipinski definition) is 7. The first-order chi connectivity index (χ1) is 12.9. The highest BCUT2D eigenvalue weighted by Gasteiger charge is 2.37. The number of rotatable bonds is 6. The standard InChI is InChI=1S/C20H25NO6/c1-12(2)21-10-14(19(22)26-5)17(15(11-21)20(23)27-6)13-8-7-9-16(24-3)18(13)25-4/h7-12,17H,1-6H3. The molecule has 2 rings (SSSR count). The quantitative estimate of drug-likeness (QED) is 0.708. The minimum Gasteiger partial charge on any atom is -0.493 e. The van der Waals surface area contributed by atoms with Gasteiger partial charge in [0, 0.05) is 24.0 Å². The van der Waals surface area contributed by atoms with E-state index in [1.807, 2.05) is 13.8 Å². The number of methoxy groups -OCH3 is 4. The van der Waals surface area contributed by atoms with E-state index in [1.54, 1.807) is 35.5 Å². The zero-order valence-corrected chi connectivity index (χ0v) is 16.4. The molecule has 1 aliphatic heterocycles. The number of benzene rings is 1. The molecule has 1 heterocycles. The van der Waals surface area contributed by atoms with Crippen molar-refractivity contribution < 1.29 is 28.5 Å². The molecule has 0 fully saturated rings. The summed E-state index contributed by atoms with van der Waals surface area (Å²) >= 11 is 0. The van der Waals surface area contributed by atoms with E-state index in [2.05, 4.69) is 0 Å². The highest BCUT2D eigenvalue weighted by atomic mass is 16.5. The lowest BCUT2D eigenvalue weighted by atomic mass is 9.82. The molecule has 0 atom stereocenters. The van der Waals surface area contributed by atoms with Crippen LogP contribution in [0.4, 0.5) is 0 Å². The van der Waals surface area contributed by atoms with Gasteiger partial charge in [-0.15, -0.1) is 0 Å². The molecule has 0 amide bonds. The van der Waals surface area contributed by atoms with Gasteiger partial charge in [-0.3, -0.25) is 0 Å². The van der Waals surface area contributed by atoms with Gasteiger partial charge in [-0.1, -0.05) is 12.1 Å². The topological polar surface area (TPSA) is 74.3 Å². The molecule has 0 spiro atoms. The van der Waals surface area contributed by atoms with Crippen LogP contribution in [0.3, 0.4) is 0 Å². The number of carbonyl (C=O) groups is 2. The van der Waals surface area contributed by atoms with Crippen LogP contribution in [0.15, 0.2) is 41.7 Å². The fraction of sp³-hybridized carbons (Fsp3) is 0.400. The molecule has 0 aromatic heterocycles. The van der Waals surface area contributed by atoms with Crippen molar-refractivity contribution in [3.63, 3.8) is 0 Å². The van der Waals surface area contributed by atoms with Gasteiger partial charge < -0.3 is 23.8 Å². The van der Waals surface area contributed by atoms with Crippen LogP contribution < -0.4 is 9.47 Å². The molecular formula is C20H25NO6. The average molecular weight is 375 g/mol. The Bertz CT molecular complexity index is 747. The van der Waals surface area contributed by atoms with Crippen LogP contribution in [0.1, 0.15) is 25.3 Å². The molecule has 0 N–H and O–H groups in total. The third-order valence-electron chi connectivity index (χ3n) is 4.38. The lowest BCUT2D eigenvalue weighted by molar-refractivity contribution is -0.137. The summed E-state index contributed by atoms with van der Waals surface area (Å²) in [6.07, 6.45) is 3.37. The SMILES string of the molecule is COC(=O)C1=CN(C(C)C)C=C(C(=O)OC)C1c1cccc(OC)c1OC. The molecule has 1 aromatic rings. The summed E-state index contributed by atoms with van der Waals surface area (Å²) in [5.74, 6) is -0.859. The van der Waals surface area contributed by atoms with Crippen molar-refractivity contribution in [1.29, 1.82) is 0 Å². The van der Waals surface area contributed by atoms with Crippen LogP contribution in [0.25, 0.3) is 0 Å². The maximum absolute atomic E-state index is 12.6. The summed E-state index contributed by atoms with van der Waals surface area (Å²) in [7, 11) is 5.64. The number of esters is 2. The van der Waals surface area contributed by atoms with E-state index < -0.39 is 17.9 Å².